The van der Waals surface area contributed by atoms with Crippen LogP contribution >= 0.6 is 0 Å². The number of benzene rings is 2. The van der Waals surface area contributed by atoms with Gasteiger partial charge in [-0.25, -0.2) is 0 Å². The second kappa shape index (κ2) is 9.23. The molecule has 0 saturated carbocycles. The number of rotatable bonds is 6. The van der Waals surface area contributed by atoms with Gasteiger partial charge >= 0.3 is 0 Å². The van der Waals surface area contributed by atoms with Crippen LogP contribution in [0.4, 0.5) is 0 Å². The second-order valence-corrected chi connectivity index (χ2v) is 6.38. The number of aliphatic hydroxyl groups excluding tert-OH is 1. The molecule has 0 aromatic heterocycles. The summed E-state index contributed by atoms with van der Waals surface area (Å²) in [4.78, 5) is 0. The Morgan fingerprint density at radius 3 is 2.08 bits per heavy atom. The van der Waals surface area contributed by atoms with Gasteiger partial charge in [-0.1, -0.05) is 60.7 Å². The molecule has 0 radical (unpaired) electrons. The van der Waals surface area contributed by atoms with Crippen LogP contribution in [0, 0.1) is 0 Å². The number of ether oxygens (including phenoxy) is 3. The second-order valence-electron chi connectivity index (χ2n) is 6.38. The van der Waals surface area contributed by atoms with Crippen LogP contribution in [0.3, 0.4) is 0 Å². The van der Waals surface area contributed by atoms with Crippen molar-refractivity contribution in [3.05, 3.63) is 71.8 Å². The molecule has 2 N–H and O–H groups in total. The molecule has 1 aliphatic heterocycles. The SMILES string of the molecule is CC1OCN(O)C(OCc2ccccc2)C(O)C1OCc1ccccc1. The maximum absolute atomic E-state index is 10.8. The Morgan fingerprint density at radius 2 is 1.50 bits per heavy atom. The first kappa shape index (κ1) is 19.0. The predicted molar refractivity (Wildman–Crippen MR) is 95.1 cm³/mol. The summed E-state index contributed by atoms with van der Waals surface area (Å²) in [6.07, 6.45) is -3.03. The zero-order chi connectivity index (χ0) is 18.4. The third-order valence-corrected chi connectivity index (χ3v) is 4.40. The molecular weight excluding hydrogens is 334 g/mol. The highest BCUT2D eigenvalue weighted by Crippen LogP contribution is 2.22. The number of hydrogen-bond acceptors (Lipinski definition) is 6. The summed E-state index contributed by atoms with van der Waals surface area (Å²) in [7, 11) is 0. The Bertz CT molecular complexity index is 596. The van der Waals surface area contributed by atoms with Crippen molar-refractivity contribution in [3.63, 3.8) is 0 Å². The molecule has 0 bridgehead atoms. The van der Waals surface area contributed by atoms with Gasteiger partial charge in [-0.2, -0.15) is 0 Å². The number of hydrogen-bond donors (Lipinski definition) is 2. The molecule has 1 aliphatic rings. The lowest BCUT2D eigenvalue weighted by molar-refractivity contribution is -0.272. The molecule has 1 heterocycles. The van der Waals surface area contributed by atoms with Crippen molar-refractivity contribution in [1.82, 2.24) is 5.06 Å². The van der Waals surface area contributed by atoms with E-state index in [1.54, 1.807) is 0 Å². The summed E-state index contributed by atoms with van der Waals surface area (Å²) < 4.78 is 17.3. The normalized spacial score (nSPS) is 27.2. The zero-order valence-corrected chi connectivity index (χ0v) is 14.8. The topological polar surface area (TPSA) is 71.4 Å². The van der Waals surface area contributed by atoms with Crippen molar-refractivity contribution in [2.24, 2.45) is 0 Å². The van der Waals surface area contributed by atoms with Crippen LogP contribution in [-0.2, 0) is 27.4 Å². The zero-order valence-electron chi connectivity index (χ0n) is 14.8. The molecule has 2 aromatic carbocycles. The van der Waals surface area contributed by atoms with E-state index in [0.29, 0.717) is 6.61 Å². The number of hydroxylamine groups is 2. The van der Waals surface area contributed by atoms with E-state index in [2.05, 4.69) is 0 Å². The van der Waals surface area contributed by atoms with Gasteiger partial charge < -0.3 is 24.5 Å². The van der Waals surface area contributed by atoms with Crippen LogP contribution in [0.2, 0.25) is 0 Å². The van der Waals surface area contributed by atoms with Gasteiger partial charge in [0, 0.05) is 0 Å². The Labute approximate surface area is 153 Å². The van der Waals surface area contributed by atoms with E-state index in [-0.39, 0.29) is 13.3 Å². The summed E-state index contributed by atoms with van der Waals surface area (Å²) in [5.41, 5.74) is 1.95. The maximum atomic E-state index is 10.8. The molecule has 0 aliphatic carbocycles. The van der Waals surface area contributed by atoms with Crippen LogP contribution in [0.5, 0.6) is 0 Å². The fourth-order valence-corrected chi connectivity index (χ4v) is 2.92. The minimum absolute atomic E-state index is 0.0666. The molecule has 4 unspecified atom stereocenters. The highest BCUT2D eigenvalue weighted by Gasteiger charge is 2.40. The van der Waals surface area contributed by atoms with E-state index in [0.717, 1.165) is 16.2 Å². The molecule has 0 amide bonds. The van der Waals surface area contributed by atoms with E-state index in [9.17, 15) is 10.3 Å². The third kappa shape index (κ3) is 4.88. The average Bonchev–Trinajstić information content (AvgIpc) is 2.77. The molecule has 140 valence electrons. The van der Waals surface area contributed by atoms with Crippen molar-refractivity contribution in [1.29, 1.82) is 0 Å². The van der Waals surface area contributed by atoms with Crippen molar-refractivity contribution >= 4 is 0 Å². The van der Waals surface area contributed by atoms with Gasteiger partial charge in [-0.05, 0) is 18.1 Å². The Morgan fingerprint density at radius 1 is 0.962 bits per heavy atom. The van der Waals surface area contributed by atoms with Crippen molar-refractivity contribution in [3.8, 4) is 0 Å². The van der Waals surface area contributed by atoms with Crippen LogP contribution < -0.4 is 0 Å². The first-order valence-electron chi connectivity index (χ1n) is 8.71. The maximum Gasteiger partial charge on any atom is 0.164 e. The van der Waals surface area contributed by atoms with Crippen molar-refractivity contribution in [2.75, 3.05) is 6.73 Å². The summed E-state index contributed by atoms with van der Waals surface area (Å²) in [6, 6.07) is 19.3. The highest BCUT2D eigenvalue weighted by molar-refractivity contribution is 5.14. The van der Waals surface area contributed by atoms with Gasteiger partial charge in [0.1, 0.15) is 18.9 Å². The fourth-order valence-electron chi connectivity index (χ4n) is 2.92. The van der Waals surface area contributed by atoms with Gasteiger partial charge in [0.2, 0.25) is 0 Å². The van der Waals surface area contributed by atoms with Gasteiger partial charge in [-0.15, -0.1) is 5.06 Å². The lowest BCUT2D eigenvalue weighted by Crippen LogP contribution is -2.49. The van der Waals surface area contributed by atoms with E-state index in [1.165, 1.54) is 0 Å². The van der Waals surface area contributed by atoms with Crippen molar-refractivity contribution in [2.45, 2.75) is 44.7 Å². The quantitative estimate of drug-likeness (QED) is 0.826. The molecular formula is C20H25NO5. The highest BCUT2D eigenvalue weighted by atomic mass is 16.7. The molecule has 26 heavy (non-hydrogen) atoms. The summed E-state index contributed by atoms with van der Waals surface area (Å²) in [5, 5.41) is 21.8. The van der Waals surface area contributed by atoms with Gasteiger partial charge in [0.05, 0.1) is 19.3 Å². The smallest absolute Gasteiger partial charge is 0.164 e. The number of nitrogens with zero attached hydrogens (tertiary/aromatic N) is 1. The molecule has 4 atom stereocenters. The van der Waals surface area contributed by atoms with Crippen molar-refractivity contribution < 1.29 is 24.5 Å². The van der Waals surface area contributed by atoms with E-state index >= 15 is 0 Å². The monoisotopic (exact) mass is 359 g/mol. The Kier molecular flexibility index (Phi) is 6.73. The first-order chi connectivity index (χ1) is 12.6. The Hall–Kier alpha value is -1.80. The predicted octanol–water partition coefficient (Wildman–Crippen LogP) is 2.54. The molecule has 6 heteroatoms. The van der Waals surface area contributed by atoms with E-state index < -0.39 is 24.5 Å². The van der Waals surface area contributed by atoms with Crippen LogP contribution in [0.1, 0.15) is 18.1 Å². The van der Waals surface area contributed by atoms with Crippen LogP contribution in [-0.4, -0.2) is 46.6 Å². The first-order valence-corrected chi connectivity index (χ1v) is 8.71. The minimum Gasteiger partial charge on any atom is -0.386 e. The number of aliphatic hydroxyl groups is 1. The van der Waals surface area contributed by atoms with Gasteiger partial charge in [0.25, 0.3) is 0 Å². The minimum atomic E-state index is -1.06. The Balaban J connectivity index is 1.65. The van der Waals surface area contributed by atoms with Crippen LogP contribution in [0.25, 0.3) is 0 Å². The molecule has 1 fully saturated rings. The molecule has 6 nitrogen and oxygen atoms in total. The lowest BCUT2D eigenvalue weighted by atomic mass is 10.1. The largest absolute Gasteiger partial charge is 0.386 e. The summed E-state index contributed by atoms with van der Waals surface area (Å²) in [5.74, 6) is 0. The molecule has 0 spiro atoms. The lowest BCUT2D eigenvalue weighted by Gasteiger charge is -2.31. The van der Waals surface area contributed by atoms with Crippen LogP contribution in [0.15, 0.2) is 60.7 Å². The molecule has 3 rings (SSSR count). The fraction of sp³-hybridized carbons (Fsp3) is 0.400. The third-order valence-electron chi connectivity index (χ3n) is 4.40. The van der Waals surface area contributed by atoms with E-state index in [4.69, 9.17) is 14.2 Å². The van der Waals surface area contributed by atoms with E-state index in [1.807, 2.05) is 67.6 Å². The summed E-state index contributed by atoms with van der Waals surface area (Å²) >= 11 is 0. The molecule has 2 aromatic rings. The van der Waals surface area contributed by atoms with Gasteiger partial charge in [-0.3, -0.25) is 0 Å². The molecule has 1 saturated heterocycles. The average molecular weight is 359 g/mol. The standard InChI is InChI=1S/C20H25NO5/c1-15-19(24-12-16-8-4-2-5-9-16)18(22)20(21(23)14-26-15)25-13-17-10-6-3-7-11-17/h2-11,15,18-20,22-23H,12-14H2,1H3. The van der Waals surface area contributed by atoms with Gasteiger partial charge in [0.15, 0.2) is 6.23 Å². The summed E-state index contributed by atoms with van der Waals surface area (Å²) in [6.45, 7) is 2.35.